The Bertz CT molecular complexity index is 1030. The van der Waals surface area contributed by atoms with Gasteiger partial charge in [0.15, 0.2) is 0 Å². The van der Waals surface area contributed by atoms with Crippen molar-refractivity contribution >= 4 is 23.4 Å². The predicted octanol–water partition coefficient (Wildman–Crippen LogP) is 6.23. The highest BCUT2D eigenvalue weighted by molar-refractivity contribution is 6.33. The van der Waals surface area contributed by atoms with Gasteiger partial charge in [0.2, 0.25) is 5.95 Å². The zero-order chi connectivity index (χ0) is 23.2. The van der Waals surface area contributed by atoms with E-state index in [1.807, 2.05) is 44.6 Å². The van der Waals surface area contributed by atoms with Crippen LogP contribution in [0.4, 0.5) is 11.8 Å². The van der Waals surface area contributed by atoms with Gasteiger partial charge in [-0.3, -0.25) is 0 Å². The van der Waals surface area contributed by atoms with Gasteiger partial charge in [-0.2, -0.15) is 4.98 Å². The molecule has 0 aliphatic carbocycles. The molecule has 2 aromatic heterocycles. The van der Waals surface area contributed by atoms with Crippen molar-refractivity contribution < 1.29 is 0 Å². The summed E-state index contributed by atoms with van der Waals surface area (Å²) in [7, 11) is 0. The van der Waals surface area contributed by atoms with Crippen LogP contribution in [0.25, 0.3) is 11.1 Å². The van der Waals surface area contributed by atoms with Crippen LogP contribution in [0.3, 0.4) is 0 Å². The number of nitrogens with zero attached hydrogens (tertiary/aromatic N) is 5. The Labute approximate surface area is 202 Å². The number of benzene rings is 1. The highest BCUT2D eigenvalue weighted by Crippen LogP contribution is 2.38. The third kappa shape index (κ3) is 5.16. The van der Waals surface area contributed by atoms with E-state index in [1.165, 1.54) is 30.7 Å². The van der Waals surface area contributed by atoms with Crippen LogP contribution in [0, 0.1) is 6.92 Å². The number of hydrogen-bond acceptors (Lipinski definition) is 5. The number of rotatable bonds is 4. The van der Waals surface area contributed by atoms with Gasteiger partial charge in [-0.05, 0) is 45.1 Å². The Hall–Kier alpha value is -2.60. The molecule has 33 heavy (non-hydrogen) atoms. The minimum absolute atomic E-state index is 0.495. The Morgan fingerprint density at radius 3 is 2.30 bits per heavy atom. The highest BCUT2D eigenvalue weighted by atomic mass is 35.5. The molecule has 7 heteroatoms. The van der Waals surface area contributed by atoms with Crippen molar-refractivity contribution in [2.45, 2.75) is 58.8 Å². The van der Waals surface area contributed by atoms with Crippen LogP contribution in [0.1, 0.15) is 63.3 Å². The van der Waals surface area contributed by atoms with Crippen LogP contribution in [0.5, 0.6) is 0 Å². The van der Waals surface area contributed by atoms with Crippen LogP contribution in [0.2, 0.25) is 5.02 Å². The molecule has 6 nitrogen and oxygen atoms in total. The predicted molar refractivity (Wildman–Crippen MR) is 137 cm³/mol. The van der Waals surface area contributed by atoms with Crippen molar-refractivity contribution in [1.29, 1.82) is 0 Å². The normalized spacial score (nSPS) is 17.0. The number of H-pyrrole nitrogens is 1. The summed E-state index contributed by atoms with van der Waals surface area (Å²) in [4.78, 5) is 22.4. The number of halogens is 1. The fraction of sp³-hybridized carbons (Fsp3) is 0.500. The summed E-state index contributed by atoms with van der Waals surface area (Å²) in [5.41, 5.74) is 4.41. The molecule has 5 rings (SSSR count). The number of hydrogen-bond donors (Lipinski definition) is 1. The number of imidazole rings is 1. The van der Waals surface area contributed by atoms with E-state index in [4.69, 9.17) is 21.6 Å². The van der Waals surface area contributed by atoms with E-state index < -0.39 is 0 Å². The maximum absolute atomic E-state index is 6.57. The number of nitrogens with one attached hydrogen (secondary N) is 1. The average molecular weight is 467 g/mol. The molecule has 4 heterocycles. The standard InChI is InChI=1S/C24H29ClN6.C2H6/c1-17-22(28-16-27-17)18-9-13-30(14-10-18)23-20(19-7-3-4-8-21(19)25)15-26-24(29-23)31-11-5-2-6-12-31;1-2/h3-4,7-8,15-16,18H,2,5-6,9-14H2,1H3,(H,27,28);1-2H3. The van der Waals surface area contributed by atoms with Crippen molar-refractivity contribution in [1.82, 2.24) is 19.9 Å². The lowest BCUT2D eigenvalue weighted by Gasteiger charge is -2.34. The molecule has 1 aromatic carbocycles. The third-order valence-electron chi connectivity index (χ3n) is 6.61. The molecule has 2 aliphatic heterocycles. The van der Waals surface area contributed by atoms with Gasteiger partial charge >= 0.3 is 0 Å². The number of piperidine rings is 2. The van der Waals surface area contributed by atoms with Crippen LogP contribution in [0.15, 0.2) is 36.8 Å². The van der Waals surface area contributed by atoms with E-state index >= 15 is 0 Å². The van der Waals surface area contributed by atoms with Gasteiger partial charge in [-0.1, -0.05) is 43.6 Å². The highest BCUT2D eigenvalue weighted by Gasteiger charge is 2.27. The SMILES string of the molecule is CC.Cc1[nH]cnc1C1CCN(c2nc(N3CCCCC3)ncc2-c2ccccc2Cl)CC1. The molecule has 0 bridgehead atoms. The third-order valence-corrected chi connectivity index (χ3v) is 6.94. The van der Waals surface area contributed by atoms with Crippen molar-refractivity contribution in [3.8, 4) is 11.1 Å². The van der Waals surface area contributed by atoms with E-state index in [-0.39, 0.29) is 0 Å². The van der Waals surface area contributed by atoms with Crippen molar-refractivity contribution in [3.63, 3.8) is 0 Å². The molecule has 0 unspecified atom stereocenters. The van der Waals surface area contributed by atoms with Crippen molar-refractivity contribution in [2.24, 2.45) is 0 Å². The second kappa shape index (κ2) is 11.0. The first-order chi connectivity index (χ1) is 16.2. The monoisotopic (exact) mass is 466 g/mol. The van der Waals surface area contributed by atoms with Crippen LogP contribution < -0.4 is 9.80 Å². The van der Waals surface area contributed by atoms with Gasteiger partial charge in [0.1, 0.15) is 5.82 Å². The van der Waals surface area contributed by atoms with Crippen LogP contribution in [-0.4, -0.2) is 46.1 Å². The first-order valence-corrected chi connectivity index (χ1v) is 12.7. The van der Waals surface area contributed by atoms with Gasteiger partial charge in [-0.15, -0.1) is 0 Å². The smallest absolute Gasteiger partial charge is 0.227 e. The van der Waals surface area contributed by atoms with Crippen molar-refractivity contribution in [2.75, 3.05) is 36.0 Å². The summed E-state index contributed by atoms with van der Waals surface area (Å²) in [5, 5.41) is 0.736. The lowest BCUT2D eigenvalue weighted by molar-refractivity contribution is 0.493. The zero-order valence-corrected chi connectivity index (χ0v) is 20.8. The first-order valence-electron chi connectivity index (χ1n) is 12.3. The summed E-state index contributed by atoms with van der Waals surface area (Å²) in [5.74, 6) is 2.34. The van der Waals surface area contributed by atoms with E-state index in [1.54, 1.807) is 0 Å². The molecule has 0 atom stereocenters. The second-order valence-corrected chi connectivity index (χ2v) is 9.02. The molecule has 3 aromatic rings. The van der Waals surface area contributed by atoms with E-state index in [9.17, 15) is 0 Å². The van der Waals surface area contributed by atoms with E-state index in [0.29, 0.717) is 5.92 Å². The molecule has 176 valence electrons. The molecule has 0 radical (unpaired) electrons. The van der Waals surface area contributed by atoms with Crippen LogP contribution >= 0.6 is 11.6 Å². The summed E-state index contributed by atoms with van der Waals surface area (Å²) in [6.07, 6.45) is 9.62. The molecule has 1 N–H and O–H groups in total. The average Bonchev–Trinajstić information content (AvgIpc) is 3.32. The van der Waals surface area contributed by atoms with Gasteiger partial charge in [-0.25, -0.2) is 9.97 Å². The maximum Gasteiger partial charge on any atom is 0.227 e. The Morgan fingerprint density at radius 1 is 0.909 bits per heavy atom. The van der Waals surface area contributed by atoms with Gasteiger partial charge in [0, 0.05) is 60.1 Å². The van der Waals surface area contributed by atoms with E-state index in [2.05, 4.69) is 32.8 Å². The lowest BCUT2D eigenvalue weighted by Crippen LogP contribution is -2.35. The van der Waals surface area contributed by atoms with Crippen molar-refractivity contribution in [3.05, 3.63) is 53.2 Å². The maximum atomic E-state index is 6.57. The first kappa shape index (κ1) is 23.6. The van der Waals surface area contributed by atoms with E-state index in [0.717, 1.165) is 66.9 Å². The number of aromatic nitrogens is 4. The Kier molecular flexibility index (Phi) is 7.86. The molecule has 0 amide bonds. The summed E-state index contributed by atoms with van der Waals surface area (Å²) in [6.45, 7) is 10.1. The Morgan fingerprint density at radius 2 is 1.64 bits per heavy atom. The molecule has 2 fully saturated rings. The molecular weight excluding hydrogens is 432 g/mol. The molecular formula is C26H35ClN6. The van der Waals surface area contributed by atoms with Gasteiger partial charge in [0.25, 0.3) is 0 Å². The lowest BCUT2D eigenvalue weighted by atomic mass is 9.92. The quantitative estimate of drug-likeness (QED) is 0.493. The zero-order valence-electron chi connectivity index (χ0n) is 20.0. The fourth-order valence-electron chi connectivity index (χ4n) is 4.87. The largest absolute Gasteiger partial charge is 0.356 e. The Balaban J connectivity index is 0.00000126. The number of aryl methyl sites for hydroxylation is 1. The molecule has 2 saturated heterocycles. The molecule has 0 saturated carbocycles. The summed E-state index contributed by atoms with van der Waals surface area (Å²) >= 11 is 6.57. The number of aromatic amines is 1. The minimum Gasteiger partial charge on any atom is -0.356 e. The van der Waals surface area contributed by atoms with Gasteiger partial charge in [0.05, 0.1) is 12.0 Å². The summed E-state index contributed by atoms with van der Waals surface area (Å²) < 4.78 is 0. The van der Waals surface area contributed by atoms with Crippen LogP contribution in [-0.2, 0) is 0 Å². The number of anilines is 2. The fourth-order valence-corrected chi connectivity index (χ4v) is 5.10. The molecule has 0 spiro atoms. The molecule has 2 aliphatic rings. The second-order valence-electron chi connectivity index (χ2n) is 8.61. The topological polar surface area (TPSA) is 60.9 Å². The van der Waals surface area contributed by atoms with Gasteiger partial charge < -0.3 is 14.8 Å². The summed E-state index contributed by atoms with van der Waals surface area (Å²) in [6, 6.07) is 7.99. The minimum atomic E-state index is 0.495.